The molecule has 0 atom stereocenters. The van der Waals surface area contributed by atoms with Gasteiger partial charge in [-0.3, -0.25) is 4.79 Å². The van der Waals surface area contributed by atoms with Gasteiger partial charge in [0.05, 0.1) is 0 Å². The Morgan fingerprint density at radius 2 is 1.93 bits per heavy atom. The molecule has 0 unspecified atom stereocenters. The average Bonchev–Trinajstić information content (AvgIpc) is 2.08. The van der Waals surface area contributed by atoms with Crippen LogP contribution in [0.2, 0.25) is 0 Å². The second-order valence-corrected chi connectivity index (χ2v) is 4.40. The predicted octanol–water partition coefficient (Wildman–Crippen LogP) is 2.70. The Morgan fingerprint density at radius 3 is 2.50 bits per heavy atom. The molecule has 0 heterocycles. The fourth-order valence-electron chi connectivity index (χ4n) is 1.60. The van der Waals surface area contributed by atoms with E-state index >= 15 is 0 Å². The fraction of sp³-hybridized carbons (Fsp3) is 0.909. The van der Waals surface area contributed by atoms with Gasteiger partial charge in [0.25, 0.3) is 0 Å². The maximum absolute atomic E-state index is 11.4. The summed E-state index contributed by atoms with van der Waals surface area (Å²) in [5.41, 5.74) is 0. The predicted molar refractivity (Wildman–Crippen MR) is 59.5 cm³/mol. The number of hydrogen-bond acceptors (Lipinski definition) is 1. The fourth-order valence-corrected chi connectivity index (χ4v) is 1.79. The van der Waals surface area contributed by atoms with Crippen LogP contribution in [0.25, 0.3) is 0 Å². The largest absolute Gasteiger partial charge is 0.356 e. The van der Waals surface area contributed by atoms with Crippen molar-refractivity contribution >= 4 is 17.5 Å². The number of unbranched alkanes of at least 4 members (excludes halogenated alkanes) is 3. The van der Waals surface area contributed by atoms with Crippen molar-refractivity contribution in [2.24, 2.45) is 5.92 Å². The van der Waals surface area contributed by atoms with Crippen molar-refractivity contribution in [2.75, 3.05) is 12.4 Å². The van der Waals surface area contributed by atoms with E-state index in [1.54, 1.807) is 0 Å². The third kappa shape index (κ3) is 4.32. The van der Waals surface area contributed by atoms with Crippen LogP contribution in [0.15, 0.2) is 0 Å². The number of alkyl halides is 1. The van der Waals surface area contributed by atoms with E-state index in [9.17, 15) is 4.79 Å². The molecule has 1 aliphatic carbocycles. The van der Waals surface area contributed by atoms with Gasteiger partial charge in [0.2, 0.25) is 5.91 Å². The van der Waals surface area contributed by atoms with Crippen LogP contribution in [0.1, 0.15) is 44.9 Å². The maximum Gasteiger partial charge on any atom is 0.223 e. The summed E-state index contributed by atoms with van der Waals surface area (Å²) >= 11 is 5.56. The molecule has 0 aromatic heterocycles. The summed E-state index contributed by atoms with van der Waals surface area (Å²) in [5, 5.41) is 2.99. The summed E-state index contributed by atoms with van der Waals surface area (Å²) < 4.78 is 0. The molecular weight excluding hydrogens is 198 g/mol. The summed E-state index contributed by atoms with van der Waals surface area (Å²) in [5.74, 6) is 1.36. The molecule has 0 spiro atoms. The van der Waals surface area contributed by atoms with Crippen molar-refractivity contribution in [1.29, 1.82) is 0 Å². The molecule has 1 rings (SSSR count). The molecule has 0 radical (unpaired) electrons. The molecule has 1 N–H and O–H groups in total. The van der Waals surface area contributed by atoms with Crippen molar-refractivity contribution in [3.05, 3.63) is 0 Å². The van der Waals surface area contributed by atoms with E-state index in [0.29, 0.717) is 5.92 Å². The lowest BCUT2D eigenvalue weighted by Crippen LogP contribution is -2.34. The highest BCUT2D eigenvalue weighted by Gasteiger charge is 2.24. The Morgan fingerprint density at radius 1 is 1.21 bits per heavy atom. The van der Waals surface area contributed by atoms with Gasteiger partial charge in [-0.1, -0.05) is 19.3 Å². The first-order chi connectivity index (χ1) is 6.84. The highest BCUT2D eigenvalue weighted by atomic mass is 35.5. The molecule has 82 valence electrons. The quantitative estimate of drug-likeness (QED) is 0.516. The Bertz CT molecular complexity index is 169. The van der Waals surface area contributed by atoms with Gasteiger partial charge < -0.3 is 5.32 Å². The van der Waals surface area contributed by atoms with E-state index in [-0.39, 0.29) is 5.91 Å². The van der Waals surface area contributed by atoms with Crippen LogP contribution in [0.3, 0.4) is 0 Å². The zero-order valence-corrected chi connectivity index (χ0v) is 9.48. The number of carbonyl (C=O) groups excluding carboxylic acids is 1. The van der Waals surface area contributed by atoms with E-state index in [4.69, 9.17) is 11.6 Å². The molecule has 1 fully saturated rings. The molecule has 1 saturated carbocycles. The average molecular weight is 218 g/mol. The van der Waals surface area contributed by atoms with E-state index in [2.05, 4.69) is 5.32 Å². The first-order valence-corrected chi connectivity index (χ1v) is 6.21. The summed E-state index contributed by atoms with van der Waals surface area (Å²) in [7, 11) is 0. The summed E-state index contributed by atoms with van der Waals surface area (Å²) in [6.45, 7) is 0.845. The third-order valence-corrected chi connectivity index (χ3v) is 3.10. The molecule has 0 aliphatic heterocycles. The SMILES string of the molecule is O=C(NCCCCCCCl)C1CCC1. The minimum absolute atomic E-state index is 0.272. The van der Waals surface area contributed by atoms with Crippen LogP contribution in [0, 0.1) is 5.92 Å². The van der Waals surface area contributed by atoms with E-state index in [0.717, 1.165) is 38.1 Å². The molecule has 0 saturated heterocycles. The molecule has 1 aliphatic rings. The Balaban J connectivity index is 1.85. The van der Waals surface area contributed by atoms with E-state index < -0.39 is 0 Å². The highest BCUT2D eigenvalue weighted by Crippen LogP contribution is 2.26. The highest BCUT2D eigenvalue weighted by molar-refractivity contribution is 6.17. The molecule has 1 amide bonds. The third-order valence-electron chi connectivity index (χ3n) is 2.84. The van der Waals surface area contributed by atoms with Crippen molar-refractivity contribution < 1.29 is 4.79 Å². The molecule has 14 heavy (non-hydrogen) atoms. The minimum atomic E-state index is 0.272. The van der Waals surface area contributed by atoms with Crippen molar-refractivity contribution in [1.82, 2.24) is 5.32 Å². The van der Waals surface area contributed by atoms with Gasteiger partial charge in [-0.05, 0) is 25.7 Å². The van der Waals surface area contributed by atoms with Gasteiger partial charge in [0.1, 0.15) is 0 Å². The van der Waals surface area contributed by atoms with Crippen LogP contribution in [0.5, 0.6) is 0 Å². The number of halogens is 1. The number of nitrogens with one attached hydrogen (secondary N) is 1. The van der Waals surface area contributed by atoms with Crippen LogP contribution in [-0.2, 0) is 4.79 Å². The normalized spacial score (nSPS) is 16.4. The Hall–Kier alpha value is -0.240. The lowest BCUT2D eigenvalue weighted by Gasteiger charge is -2.23. The van der Waals surface area contributed by atoms with Crippen LogP contribution in [-0.4, -0.2) is 18.3 Å². The van der Waals surface area contributed by atoms with E-state index in [1.807, 2.05) is 0 Å². The smallest absolute Gasteiger partial charge is 0.223 e. The number of carbonyl (C=O) groups is 1. The van der Waals surface area contributed by atoms with Crippen molar-refractivity contribution in [3.63, 3.8) is 0 Å². The maximum atomic E-state index is 11.4. The number of rotatable bonds is 7. The number of hydrogen-bond donors (Lipinski definition) is 1. The zero-order valence-electron chi connectivity index (χ0n) is 8.73. The zero-order chi connectivity index (χ0) is 10.2. The van der Waals surface area contributed by atoms with Gasteiger partial charge in [0, 0.05) is 18.3 Å². The van der Waals surface area contributed by atoms with Crippen LogP contribution in [0.4, 0.5) is 0 Å². The second-order valence-electron chi connectivity index (χ2n) is 4.02. The molecule has 2 nitrogen and oxygen atoms in total. The summed E-state index contributed by atoms with van der Waals surface area (Å²) in [6.07, 6.45) is 7.97. The van der Waals surface area contributed by atoms with Gasteiger partial charge in [0.15, 0.2) is 0 Å². The second kappa shape index (κ2) is 7.10. The molecular formula is C11H20ClNO. The summed E-state index contributed by atoms with van der Waals surface area (Å²) in [4.78, 5) is 11.4. The Kier molecular flexibility index (Phi) is 6.00. The Labute approximate surface area is 91.4 Å². The van der Waals surface area contributed by atoms with Gasteiger partial charge in [-0.15, -0.1) is 11.6 Å². The lowest BCUT2D eigenvalue weighted by molar-refractivity contribution is -0.127. The molecule has 0 aromatic rings. The van der Waals surface area contributed by atoms with Crippen LogP contribution < -0.4 is 5.32 Å². The lowest BCUT2D eigenvalue weighted by atomic mass is 9.85. The first-order valence-electron chi connectivity index (χ1n) is 5.68. The molecule has 3 heteroatoms. The molecule has 0 bridgehead atoms. The minimum Gasteiger partial charge on any atom is -0.356 e. The first kappa shape index (κ1) is 11.8. The topological polar surface area (TPSA) is 29.1 Å². The summed E-state index contributed by atoms with van der Waals surface area (Å²) in [6, 6.07) is 0. The molecule has 0 aromatic carbocycles. The number of amides is 1. The van der Waals surface area contributed by atoms with Crippen molar-refractivity contribution in [3.8, 4) is 0 Å². The van der Waals surface area contributed by atoms with Gasteiger partial charge >= 0.3 is 0 Å². The van der Waals surface area contributed by atoms with E-state index in [1.165, 1.54) is 19.3 Å². The monoisotopic (exact) mass is 217 g/mol. The van der Waals surface area contributed by atoms with Crippen molar-refractivity contribution in [2.45, 2.75) is 44.9 Å². The standard InChI is InChI=1S/C11H20ClNO/c12-8-3-1-2-4-9-13-11(14)10-6-5-7-10/h10H,1-9H2,(H,13,14). The van der Waals surface area contributed by atoms with Crippen LogP contribution >= 0.6 is 11.6 Å². The van der Waals surface area contributed by atoms with Gasteiger partial charge in [-0.25, -0.2) is 0 Å². The van der Waals surface area contributed by atoms with Gasteiger partial charge in [-0.2, -0.15) is 0 Å².